The first-order chi connectivity index (χ1) is 9.93. The molecule has 1 aromatic rings. The number of fused-ring (bicyclic) bond motifs is 1. The quantitative estimate of drug-likeness (QED) is 0.782. The van der Waals surface area contributed by atoms with E-state index in [1.165, 1.54) is 6.20 Å². The van der Waals surface area contributed by atoms with Gasteiger partial charge in [-0.25, -0.2) is 4.79 Å². The second-order valence-corrected chi connectivity index (χ2v) is 5.11. The van der Waals surface area contributed by atoms with E-state index < -0.39 is 5.97 Å². The molecule has 0 radical (unpaired) electrons. The molecule has 5 heteroatoms. The van der Waals surface area contributed by atoms with Gasteiger partial charge in [-0.3, -0.25) is 0 Å². The van der Waals surface area contributed by atoms with E-state index in [4.69, 9.17) is 9.84 Å². The summed E-state index contributed by atoms with van der Waals surface area (Å²) in [6, 6.07) is 3.64. The Morgan fingerprint density at radius 3 is 2.71 bits per heavy atom. The van der Waals surface area contributed by atoms with E-state index in [0.717, 1.165) is 17.2 Å². The van der Waals surface area contributed by atoms with E-state index in [0.29, 0.717) is 10.9 Å². The number of aliphatic carboxylic acids is 1. The Kier molecular flexibility index (Phi) is 4.21. The number of anilines is 1. The number of carboxylic acids is 1. The summed E-state index contributed by atoms with van der Waals surface area (Å²) >= 11 is 0. The Morgan fingerprint density at radius 2 is 2.14 bits per heavy atom. The predicted octanol–water partition coefficient (Wildman–Crippen LogP) is 1.47. The van der Waals surface area contributed by atoms with Gasteiger partial charge in [-0.1, -0.05) is 6.92 Å². The van der Waals surface area contributed by atoms with Crippen LogP contribution >= 0.6 is 0 Å². The third-order valence-electron chi connectivity index (χ3n) is 3.24. The van der Waals surface area contributed by atoms with Gasteiger partial charge in [-0.2, -0.15) is 0 Å². The number of ether oxygens (including phenoxy) is 1. The molecule has 2 rings (SSSR count). The lowest BCUT2D eigenvalue weighted by Gasteiger charge is -2.14. The van der Waals surface area contributed by atoms with Gasteiger partial charge in [0, 0.05) is 22.3 Å². The fourth-order valence-corrected chi connectivity index (χ4v) is 2.13. The number of hydrogen-bond donors (Lipinski definition) is 3. The molecule has 1 aliphatic heterocycles. The van der Waals surface area contributed by atoms with E-state index in [2.05, 4.69) is 5.32 Å². The van der Waals surface area contributed by atoms with Gasteiger partial charge < -0.3 is 20.3 Å². The molecule has 0 aliphatic carbocycles. The van der Waals surface area contributed by atoms with Gasteiger partial charge in [0.25, 0.3) is 0 Å². The number of rotatable bonds is 4. The molecule has 0 saturated heterocycles. The molecular weight excluding hydrogens is 270 g/mol. The van der Waals surface area contributed by atoms with E-state index in [9.17, 15) is 9.90 Å². The molecule has 0 unspecified atom stereocenters. The number of benzene rings is 1. The number of nitrogens with one attached hydrogen (secondary N) is 1. The van der Waals surface area contributed by atoms with Crippen molar-refractivity contribution in [2.45, 2.75) is 33.3 Å². The molecule has 0 spiro atoms. The third-order valence-corrected chi connectivity index (χ3v) is 3.24. The smallest absolute Gasteiger partial charge is 0.341 e. The highest BCUT2D eigenvalue weighted by molar-refractivity contribution is 6.00. The minimum atomic E-state index is -1.16. The molecule has 3 N–H and O–H groups in total. The molecule has 1 aromatic carbocycles. The van der Waals surface area contributed by atoms with Gasteiger partial charge >= 0.3 is 5.97 Å². The fraction of sp³-hybridized carbons (Fsp3) is 0.312. The van der Waals surface area contributed by atoms with Crippen LogP contribution in [0.1, 0.15) is 26.3 Å². The summed E-state index contributed by atoms with van der Waals surface area (Å²) < 4.78 is 5.52. The van der Waals surface area contributed by atoms with Gasteiger partial charge in [-0.15, -0.1) is 0 Å². The summed E-state index contributed by atoms with van der Waals surface area (Å²) in [6.07, 6.45) is 3.81. The van der Waals surface area contributed by atoms with Crippen LogP contribution in [0.25, 0.3) is 12.0 Å². The van der Waals surface area contributed by atoms with Crippen LogP contribution in [0, 0.1) is 0 Å². The highest BCUT2D eigenvalue weighted by Crippen LogP contribution is 2.14. The second kappa shape index (κ2) is 5.91. The maximum Gasteiger partial charge on any atom is 0.341 e. The van der Waals surface area contributed by atoms with E-state index in [-0.39, 0.29) is 17.4 Å². The van der Waals surface area contributed by atoms with Gasteiger partial charge in [0.1, 0.15) is 11.3 Å². The van der Waals surface area contributed by atoms with Crippen molar-refractivity contribution >= 4 is 23.7 Å². The molecule has 112 valence electrons. The number of aliphatic hydroxyl groups excluding tert-OH is 1. The minimum absolute atomic E-state index is 0.0807. The SMILES string of the molecule is CCc1cc2c(c/c1=C/OC(C)C)NC=C(C(=O)O)C=2O. The molecule has 0 fully saturated rings. The van der Waals surface area contributed by atoms with Crippen molar-refractivity contribution in [2.24, 2.45) is 0 Å². The van der Waals surface area contributed by atoms with Crippen molar-refractivity contribution in [1.29, 1.82) is 0 Å². The van der Waals surface area contributed by atoms with E-state index >= 15 is 0 Å². The summed E-state index contributed by atoms with van der Waals surface area (Å²) in [5, 5.41) is 23.5. The summed E-state index contributed by atoms with van der Waals surface area (Å²) in [6.45, 7) is 5.89. The second-order valence-electron chi connectivity index (χ2n) is 5.11. The monoisotopic (exact) mass is 289 g/mol. The Morgan fingerprint density at radius 1 is 1.43 bits per heavy atom. The van der Waals surface area contributed by atoms with Crippen LogP contribution in [0.15, 0.2) is 23.9 Å². The summed E-state index contributed by atoms with van der Waals surface area (Å²) in [5.74, 6) is -1.38. The Balaban J connectivity index is 2.62. The summed E-state index contributed by atoms with van der Waals surface area (Å²) in [7, 11) is 0. The molecule has 0 aromatic heterocycles. The van der Waals surface area contributed by atoms with Crippen LogP contribution in [-0.4, -0.2) is 22.3 Å². The van der Waals surface area contributed by atoms with Crippen LogP contribution in [-0.2, 0) is 16.0 Å². The maximum absolute atomic E-state index is 11.1. The molecule has 5 nitrogen and oxygen atoms in total. The maximum atomic E-state index is 11.1. The molecule has 0 saturated carbocycles. The van der Waals surface area contributed by atoms with Gasteiger partial charge in [-0.05, 0) is 38.0 Å². The lowest BCUT2D eigenvalue weighted by molar-refractivity contribution is -0.132. The number of aryl methyl sites for hydroxylation is 1. The van der Waals surface area contributed by atoms with Crippen molar-refractivity contribution in [2.75, 3.05) is 5.32 Å². The van der Waals surface area contributed by atoms with Crippen molar-refractivity contribution in [1.82, 2.24) is 0 Å². The topological polar surface area (TPSA) is 78.8 Å². The van der Waals surface area contributed by atoms with Gasteiger partial charge in [0.2, 0.25) is 0 Å². The first-order valence-electron chi connectivity index (χ1n) is 6.86. The average Bonchev–Trinajstić information content (AvgIpc) is 2.44. The molecule has 0 bridgehead atoms. The zero-order chi connectivity index (χ0) is 15.6. The highest BCUT2D eigenvalue weighted by atomic mass is 16.5. The van der Waals surface area contributed by atoms with Crippen molar-refractivity contribution in [3.63, 3.8) is 0 Å². The predicted molar refractivity (Wildman–Crippen MR) is 81.1 cm³/mol. The fourth-order valence-electron chi connectivity index (χ4n) is 2.13. The number of hydrogen-bond acceptors (Lipinski definition) is 4. The van der Waals surface area contributed by atoms with Crippen LogP contribution in [0.4, 0.5) is 5.69 Å². The zero-order valence-electron chi connectivity index (χ0n) is 12.3. The largest absolute Gasteiger partial charge is 0.506 e. The first kappa shape index (κ1) is 15.0. The molecule has 21 heavy (non-hydrogen) atoms. The zero-order valence-corrected chi connectivity index (χ0v) is 12.3. The molecule has 0 atom stereocenters. The Bertz CT molecular complexity index is 717. The molecule has 0 amide bonds. The van der Waals surface area contributed by atoms with Crippen molar-refractivity contribution in [3.05, 3.63) is 39.9 Å². The number of aliphatic hydroxyl groups is 1. The van der Waals surface area contributed by atoms with Gasteiger partial charge in [0.15, 0.2) is 0 Å². The lowest BCUT2D eigenvalue weighted by atomic mass is 10.0. The Labute approximate surface area is 122 Å². The minimum Gasteiger partial charge on any atom is -0.506 e. The summed E-state index contributed by atoms with van der Waals surface area (Å²) in [5.41, 5.74) is 1.50. The molecular formula is C16H19NO4. The highest BCUT2D eigenvalue weighted by Gasteiger charge is 2.18. The lowest BCUT2D eigenvalue weighted by Crippen LogP contribution is -2.26. The normalized spacial score (nSPS) is 14.6. The first-order valence-corrected chi connectivity index (χ1v) is 6.86. The van der Waals surface area contributed by atoms with E-state index in [1.807, 2.05) is 26.8 Å². The van der Waals surface area contributed by atoms with Crippen LogP contribution < -0.4 is 15.8 Å². The van der Waals surface area contributed by atoms with Gasteiger partial charge in [0.05, 0.1) is 12.4 Å². The van der Waals surface area contributed by atoms with Crippen molar-refractivity contribution in [3.8, 4) is 0 Å². The van der Waals surface area contributed by atoms with Crippen molar-refractivity contribution < 1.29 is 19.7 Å². The molecule has 1 aliphatic rings. The van der Waals surface area contributed by atoms with Crippen LogP contribution in [0.5, 0.6) is 0 Å². The molecule has 1 heterocycles. The van der Waals surface area contributed by atoms with Crippen LogP contribution in [0.2, 0.25) is 0 Å². The average molecular weight is 289 g/mol. The Hall–Kier alpha value is -2.43. The standard InChI is InChI=1S/C16H19NO4/c1-4-10-5-12-14(6-11(10)8-21-9(2)3)17-7-13(15(12)18)16(19)20/h5-9,17-18H,4H2,1-3H3,(H,19,20)/b11-8-. The summed E-state index contributed by atoms with van der Waals surface area (Å²) in [4.78, 5) is 11.1. The van der Waals surface area contributed by atoms with Crippen LogP contribution in [0.3, 0.4) is 0 Å². The number of carbonyl (C=O) groups is 1. The van der Waals surface area contributed by atoms with E-state index in [1.54, 1.807) is 12.3 Å². The third kappa shape index (κ3) is 3.02. The number of carboxylic acid groups (broad SMARTS) is 1.